The van der Waals surface area contributed by atoms with E-state index in [0.717, 1.165) is 6.07 Å². The molecule has 2 aromatic carbocycles. The summed E-state index contributed by atoms with van der Waals surface area (Å²) in [5.74, 6) is -0.962. The van der Waals surface area contributed by atoms with Gasteiger partial charge in [-0.3, -0.25) is 0 Å². The fourth-order valence-electron chi connectivity index (χ4n) is 2.59. The SMILES string of the molecule is Cc1c(Cc2c(F)cccc2Cl)c(=O)oc2cc(O)cc(O)c12. The van der Waals surface area contributed by atoms with Crippen LogP contribution in [0.1, 0.15) is 16.7 Å². The summed E-state index contributed by atoms with van der Waals surface area (Å²) in [5.41, 5.74) is 0.230. The standard InChI is InChI=1S/C17H12ClFO4/c1-8-10(7-11-12(18)3-2-4-13(11)19)17(22)23-15-6-9(20)5-14(21)16(8)15/h2-6,20-21H,7H2,1H3. The fourth-order valence-corrected chi connectivity index (χ4v) is 2.82. The fraction of sp³-hybridized carbons (Fsp3) is 0.118. The van der Waals surface area contributed by atoms with E-state index < -0.39 is 11.4 Å². The Hall–Kier alpha value is -2.53. The highest BCUT2D eigenvalue weighted by Crippen LogP contribution is 2.33. The van der Waals surface area contributed by atoms with Gasteiger partial charge in [-0.2, -0.15) is 0 Å². The number of aromatic hydroxyl groups is 2. The third-order valence-corrected chi connectivity index (χ3v) is 4.11. The molecule has 2 N–H and O–H groups in total. The van der Waals surface area contributed by atoms with Gasteiger partial charge >= 0.3 is 5.63 Å². The van der Waals surface area contributed by atoms with Crippen LogP contribution < -0.4 is 5.63 Å². The maximum Gasteiger partial charge on any atom is 0.340 e. The van der Waals surface area contributed by atoms with Crippen LogP contribution in [-0.2, 0) is 6.42 Å². The Bertz CT molecular complexity index is 958. The molecule has 0 amide bonds. The number of rotatable bonds is 2. The monoisotopic (exact) mass is 334 g/mol. The van der Waals surface area contributed by atoms with E-state index in [-0.39, 0.29) is 39.7 Å². The number of aryl methyl sites for hydroxylation is 1. The molecule has 1 heterocycles. The molecule has 0 aliphatic carbocycles. The van der Waals surface area contributed by atoms with Gasteiger partial charge in [0.2, 0.25) is 0 Å². The van der Waals surface area contributed by atoms with Crippen molar-refractivity contribution in [2.75, 3.05) is 0 Å². The Morgan fingerprint density at radius 2 is 1.96 bits per heavy atom. The first-order chi connectivity index (χ1) is 10.9. The molecule has 4 nitrogen and oxygen atoms in total. The zero-order valence-electron chi connectivity index (χ0n) is 12.1. The largest absolute Gasteiger partial charge is 0.508 e. The van der Waals surface area contributed by atoms with Crippen molar-refractivity contribution in [3.63, 3.8) is 0 Å². The van der Waals surface area contributed by atoms with Crippen LogP contribution in [0.5, 0.6) is 11.5 Å². The molecular weight excluding hydrogens is 323 g/mol. The normalized spacial score (nSPS) is 11.1. The molecule has 0 radical (unpaired) electrons. The summed E-state index contributed by atoms with van der Waals surface area (Å²) < 4.78 is 19.1. The van der Waals surface area contributed by atoms with Gasteiger partial charge in [-0.15, -0.1) is 0 Å². The molecule has 0 bridgehead atoms. The molecule has 0 spiro atoms. The van der Waals surface area contributed by atoms with Crippen LogP contribution in [0.2, 0.25) is 5.02 Å². The number of phenols is 2. The number of fused-ring (bicyclic) bond motifs is 1. The van der Waals surface area contributed by atoms with Crippen molar-refractivity contribution in [3.8, 4) is 11.5 Å². The average Bonchev–Trinajstić information content (AvgIpc) is 2.44. The Kier molecular flexibility index (Phi) is 3.74. The second kappa shape index (κ2) is 5.59. The highest BCUT2D eigenvalue weighted by Gasteiger charge is 2.18. The zero-order chi connectivity index (χ0) is 16.7. The minimum atomic E-state index is -0.667. The lowest BCUT2D eigenvalue weighted by atomic mass is 9.99. The van der Waals surface area contributed by atoms with Crippen molar-refractivity contribution in [1.82, 2.24) is 0 Å². The number of benzene rings is 2. The summed E-state index contributed by atoms with van der Waals surface area (Å²) in [5, 5.41) is 20.0. The summed E-state index contributed by atoms with van der Waals surface area (Å²) in [6.45, 7) is 1.63. The van der Waals surface area contributed by atoms with Gasteiger partial charge in [0, 0.05) is 34.7 Å². The molecule has 118 valence electrons. The molecule has 0 saturated heterocycles. The first-order valence-corrected chi connectivity index (χ1v) is 7.17. The van der Waals surface area contributed by atoms with Gasteiger partial charge in [-0.05, 0) is 24.6 Å². The molecule has 0 aliphatic rings. The Balaban J connectivity index is 2.25. The smallest absolute Gasteiger partial charge is 0.340 e. The van der Waals surface area contributed by atoms with Crippen LogP contribution in [0, 0.1) is 12.7 Å². The molecule has 0 saturated carbocycles. The van der Waals surface area contributed by atoms with Crippen LogP contribution in [0.4, 0.5) is 4.39 Å². The Morgan fingerprint density at radius 3 is 2.65 bits per heavy atom. The lowest BCUT2D eigenvalue weighted by Crippen LogP contribution is -2.12. The Morgan fingerprint density at radius 1 is 1.22 bits per heavy atom. The highest BCUT2D eigenvalue weighted by molar-refractivity contribution is 6.31. The van der Waals surface area contributed by atoms with E-state index in [0.29, 0.717) is 10.9 Å². The summed E-state index contributed by atoms with van der Waals surface area (Å²) in [4.78, 5) is 12.2. The van der Waals surface area contributed by atoms with E-state index in [2.05, 4.69) is 0 Å². The van der Waals surface area contributed by atoms with Crippen LogP contribution >= 0.6 is 11.6 Å². The van der Waals surface area contributed by atoms with Crippen molar-refractivity contribution in [2.24, 2.45) is 0 Å². The number of hydrogen-bond donors (Lipinski definition) is 2. The first-order valence-electron chi connectivity index (χ1n) is 6.79. The van der Waals surface area contributed by atoms with Crippen LogP contribution in [0.25, 0.3) is 11.0 Å². The summed E-state index contributed by atoms with van der Waals surface area (Å²) >= 11 is 6.00. The van der Waals surface area contributed by atoms with Crippen LogP contribution in [0.15, 0.2) is 39.5 Å². The van der Waals surface area contributed by atoms with Crippen molar-refractivity contribution in [1.29, 1.82) is 0 Å². The predicted molar refractivity (Wildman–Crippen MR) is 84.8 cm³/mol. The van der Waals surface area contributed by atoms with Crippen LogP contribution in [0.3, 0.4) is 0 Å². The van der Waals surface area contributed by atoms with E-state index in [9.17, 15) is 19.4 Å². The summed E-state index contributed by atoms with van der Waals surface area (Å²) in [6.07, 6.45) is -0.0596. The zero-order valence-corrected chi connectivity index (χ0v) is 12.8. The lowest BCUT2D eigenvalue weighted by Gasteiger charge is -2.11. The van der Waals surface area contributed by atoms with E-state index in [1.807, 2.05) is 0 Å². The molecule has 3 aromatic rings. The molecule has 23 heavy (non-hydrogen) atoms. The van der Waals surface area contributed by atoms with E-state index in [4.69, 9.17) is 16.0 Å². The van der Waals surface area contributed by atoms with Crippen molar-refractivity contribution in [2.45, 2.75) is 13.3 Å². The van der Waals surface area contributed by atoms with Gasteiger partial charge in [-0.1, -0.05) is 17.7 Å². The molecule has 6 heteroatoms. The molecular formula is C17H12ClFO4. The van der Waals surface area contributed by atoms with Gasteiger partial charge in [0.25, 0.3) is 0 Å². The van der Waals surface area contributed by atoms with Gasteiger partial charge in [0.05, 0.1) is 5.39 Å². The third-order valence-electron chi connectivity index (χ3n) is 3.76. The molecule has 3 rings (SSSR count). The quantitative estimate of drug-likeness (QED) is 0.697. The molecule has 0 aliphatic heterocycles. The van der Waals surface area contributed by atoms with E-state index in [1.54, 1.807) is 6.92 Å². The molecule has 1 aromatic heterocycles. The Labute approximate surface area is 135 Å². The van der Waals surface area contributed by atoms with E-state index >= 15 is 0 Å². The minimum Gasteiger partial charge on any atom is -0.508 e. The average molecular weight is 335 g/mol. The summed E-state index contributed by atoms with van der Waals surface area (Å²) in [7, 11) is 0. The number of halogens is 2. The van der Waals surface area contributed by atoms with Crippen LogP contribution in [-0.4, -0.2) is 10.2 Å². The number of hydrogen-bond acceptors (Lipinski definition) is 4. The maximum absolute atomic E-state index is 13.9. The molecule has 0 unspecified atom stereocenters. The predicted octanol–water partition coefficient (Wildman–Crippen LogP) is 3.90. The van der Waals surface area contributed by atoms with Crippen molar-refractivity contribution >= 4 is 22.6 Å². The number of phenolic OH excluding ortho intramolecular Hbond substituents is 2. The molecule has 0 fully saturated rings. The molecule has 0 atom stereocenters. The van der Waals surface area contributed by atoms with Crippen molar-refractivity contribution < 1.29 is 19.0 Å². The maximum atomic E-state index is 13.9. The highest BCUT2D eigenvalue weighted by atomic mass is 35.5. The lowest BCUT2D eigenvalue weighted by molar-refractivity contribution is 0.450. The second-order valence-electron chi connectivity index (χ2n) is 5.21. The van der Waals surface area contributed by atoms with Gasteiger partial charge in [0.15, 0.2) is 0 Å². The third kappa shape index (κ3) is 2.64. The first kappa shape index (κ1) is 15.4. The summed E-state index contributed by atoms with van der Waals surface area (Å²) in [6, 6.07) is 6.66. The van der Waals surface area contributed by atoms with Gasteiger partial charge in [0.1, 0.15) is 22.9 Å². The topological polar surface area (TPSA) is 70.7 Å². The van der Waals surface area contributed by atoms with Crippen molar-refractivity contribution in [3.05, 3.63) is 68.3 Å². The van der Waals surface area contributed by atoms with Gasteiger partial charge in [-0.25, -0.2) is 9.18 Å². The second-order valence-corrected chi connectivity index (χ2v) is 5.62. The minimum absolute atomic E-state index is 0.0596. The van der Waals surface area contributed by atoms with E-state index in [1.165, 1.54) is 24.3 Å². The van der Waals surface area contributed by atoms with Gasteiger partial charge < -0.3 is 14.6 Å².